The van der Waals surface area contributed by atoms with E-state index in [9.17, 15) is 4.79 Å². The summed E-state index contributed by atoms with van der Waals surface area (Å²) in [4.78, 5) is 21.3. The molecule has 3 heterocycles. The molecule has 5 aromatic rings. The summed E-state index contributed by atoms with van der Waals surface area (Å²) in [6, 6.07) is 27.4. The van der Waals surface area contributed by atoms with Crippen LogP contribution in [0.25, 0.3) is 10.9 Å². The molecule has 1 N–H and O–H groups in total. The monoisotopic (exact) mass is 467 g/mol. The van der Waals surface area contributed by atoms with Crippen LogP contribution in [0.4, 0.5) is 0 Å². The minimum absolute atomic E-state index is 0.0125. The van der Waals surface area contributed by atoms with Crippen LogP contribution in [0.15, 0.2) is 107 Å². The molecule has 0 unspecified atom stereocenters. The van der Waals surface area contributed by atoms with E-state index in [2.05, 4.69) is 34.6 Å². The average molecular weight is 468 g/mol. The van der Waals surface area contributed by atoms with E-state index < -0.39 is 6.04 Å². The number of hydrogen-bond donors (Lipinski definition) is 1. The van der Waals surface area contributed by atoms with Crippen LogP contribution in [0.3, 0.4) is 0 Å². The van der Waals surface area contributed by atoms with E-state index >= 15 is 0 Å². The molecule has 0 aliphatic carbocycles. The van der Waals surface area contributed by atoms with Gasteiger partial charge in [0.25, 0.3) is 0 Å². The number of carbonyl (C=O) groups is 1. The molecule has 1 amide bonds. The highest BCUT2D eigenvalue weighted by Gasteiger charge is 2.27. The summed E-state index contributed by atoms with van der Waals surface area (Å²) in [5.41, 5.74) is 3.00. The van der Waals surface area contributed by atoms with Crippen molar-refractivity contribution in [2.45, 2.75) is 25.7 Å². The Kier molecular flexibility index (Phi) is 6.79. The molecular formula is C28H25N3O2S. The fourth-order valence-corrected chi connectivity index (χ4v) is 4.74. The predicted molar refractivity (Wildman–Crippen MR) is 135 cm³/mol. The van der Waals surface area contributed by atoms with Crippen molar-refractivity contribution in [1.29, 1.82) is 0 Å². The molecule has 5 rings (SSSR count). The first-order valence-electron chi connectivity index (χ1n) is 11.2. The quantitative estimate of drug-likeness (QED) is 0.291. The minimum Gasteiger partial charge on any atom is -0.467 e. The summed E-state index contributed by atoms with van der Waals surface area (Å²) in [5, 5.41) is 6.64. The van der Waals surface area contributed by atoms with Gasteiger partial charge in [-0.3, -0.25) is 15.1 Å². The number of benzene rings is 2. The van der Waals surface area contributed by atoms with Crippen LogP contribution in [0, 0.1) is 0 Å². The first-order valence-corrected chi connectivity index (χ1v) is 12.1. The summed E-state index contributed by atoms with van der Waals surface area (Å²) in [6.07, 6.45) is 3.44. The van der Waals surface area contributed by atoms with E-state index in [1.54, 1.807) is 23.8 Å². The van der Waals surface area contributed by atoms with Crippen LogP contribution in [0.5, 0.6) is 0 Å². The van der Waals surface area contributed by atoms with Gasteiger partial charge in [0.05, 0.1) is 24.9 Å². The lowest BCUT2D eigenvalue weighted by molar-refractivity contribution is -0.135. The summed E-state index contributed by atoms with van der Waals surface area (Å²) < 4.78 is 5.57. The molecule has 170 valence electrons. The lowest BCUT2D eigenvalue weighted by atomic mass is 10.0. The highest BCUT2D eigenvalue weighted by atomic mass is 32.1. The van der Waals surface area contributed by atoms with Crippen LogP contribution >= 0.6 is 11.3 Å². The maximum atomic E-state index is 13.9. The number of nitrogens with one attached hydrogen (secondary N) is 1. The van der Waals surface area contributed by atoms with E-state index in [0.717, 1.165) is 32.7 Å². The minimum atomic E-state index is -0.485. The predicted octanol–water partition coefficient (Wildman–Crippen LogP) is 5.95. The largest absolute Gasteiger partial charge is 0.467 e. The number of furan rings is 1. The molecule has 0 aliphatic rings. The van der Waals surface area contributed by atoms with Gasteiger partial charge in [0, 0.05) is 23.0 Å². The van der Waals surface area contributed by atoms with Gasteiger partial charge in [-0.25, -0.2) is 0 Å². The third-order valence-corrected chi connectivity index (χ3v) is 6.58. The Morgan fingerprint density at radius 3 is 2.68 bits per heavy atom. The van der Waals surface area contributed by atoms with Gasteiger partial charge in [-0.15, -0.1) is 11.3 Å². The Bertz CT molecular complexity index is 1300. The molecule has 5 nitrogen and oxygen atoms in total. The topological polar surface area (TPSA) is 58.4 Å². The second-order valence-electron chi connectivity index (χ2n) is 8.11. The number of fused-ring (bicyclic) bond motifs is 1. The molecular weight excluding hydrogens is 442 g/mol. The van der Waals surface area contributed by atoms with Crippen molar-refractivity contribution in [1.82, 2.24) is 15.2 Å². The lowest BCUT2D eigenvalue weighted by Gasteiger charge is -2.27. The molecule has 0 aliphatic heterocycles. The summed E-state index contributed by atoms with van der Waals surface area (Å²) in [5.74, 6) is 0.775. The van der Waals surface area contributed by atoms with Gasteiger partial charge in [0.15, 0.2) is 0 Å². The number of thiophene rings is 1. The number of aromatic nitrogens is 1. The average Bonchev–Trinajstić information content (AvgIpc) is 3.59. The lowest BCUT2D eigenvalue weighted by Crippen LogP contribution is -2.40. The first kappa shape index (κ1) is 22.1. The standard InChI is InChI=1S/C28H25N3O2S/c32-28(31(19-24-10-5-15-33-24)20-25-11-6-16-34-25)27(22-7-2-1-3-8-22)30-18-21-12-13-26-23(17-21)9-4-14-29-26/h1-17,27,30H,18-20H2/t27-/m0/s1. The Balaban J connectivity index is 1.41. The number of pyridine rings is 1. The SMILES string of the molecule is O=C([C@@H](NCc1ccc2ncccc2c1)c1ccccc1)N(Cc1ccco1)Cc1cccs1. The molecule has 0 spiro atoms. The highest BCUT2D eigenvalue weighted by Crippen LogP contribution is 2.22. The van der Waals surface area contributed by atoms with Crippen molar-refractivity contribution in [2.75, 3.05) is 0 Å². The third-order valence-electron chi connectivity index (χ3n) is 5.72. The fraction of sp³-hybridized carbons (Fsp3) is 0.143. The highest BCUT2D eigenvalue weighted by molar-refractivity contribution is 7.09. The zero-order chi connectivity index (χ0) is 23.2. The Hall–Kier alpha value is -3.74. The molecule has 6 heteroatoms. The second-order valence-corrected chi connectivity index (χ2v) is 9.14. The summed E-state index contributed by atoms with van der Waals surface area (Å²) in [7, 11) is 0. The molecule has 0 saturated heterocycles. The number of amides is 1. The molecule has 0 fully saturated rings. The van der Waals surface area contributed by atoms with Crippen molar-refractivity contribution >= 4 is 28.1 Å². The van der Waals surface area contributed by atoms with E-state index in [1.807, 2.05) is 70.9 Å². The van der Waals surface area contributed by atoms with Gasteiger partial charge < -0.3 is 9.32 Å². The molecule has 3 aromatic heterocycles. The number of rotatable bonds is 9. The third kappa shape index (κ3) is 5.25. The molecule has 0 radical (unpaired) electrons. The van der Waals surface area contributed by atoms with Gasteiger partial charge in [0.1, 0.15) is 11.8 Å². The van der Waals surface area contributed by atoms with Gasteiger partial charge in [-0.1, -0.05) is 48.5 Å². The van der Waals surface area contributed by atoms with Gasteiger partial charge in [-0.05, 0) is 52.9 Å². The van der Waals surface area contributed by atoms with Crippen molar-refractivity contribution in [3.05, 3.63) is 125 Å². The normalized spacial score (nSPS) is 12.0. The van der Waals surface area contributed by atoms with E-state index in [1.165, 1.54) is 0 Å². The zero-order valence-corrected chi connectivity index (χ0v) is 19.4. The molecule has 1 atom stereocenters. The Morgan fingerprint density at radius 1 is 0.971 bits per heavy atom. The van der Waals surface area contributed by atoms with Crippen molar-refractivity contribution < 1.29 is 9.21 Å². The number of carbonyl (C=O) groups excluding carboxylic acids is 1. The van der Waals surface area contributed by atoms with Crippen molar-refractivity contribution in [2.24, 2.45) is 0 Å². The van der Waals surface area contributed by atoms with Crippen LogP contribution in [-0.4, -0.2) is 15.8 Å². The Labute approximate surface area is 202 Å². The molecule has 2 aromatic carbocycles. The van der Waals surface area contributed by atoms with Crippen LogP contribution in [0.1, 0.15) is 27.8 Å². The fourth-order valence-electron chi connectivity index (χ4n) is 4.02. The first-order chi connectivity index (χ1) is 16.8. The van der Waals surface area contributed by atoms with Crippen molar-refractivity contribution in [3.63, 3.8) is 0 Å². The van der Waals surface area contributed by atoms with Gasteiger partial charge >= 0.3 is 0 Å². The Morgan fingerprint density at radius 2 is 1.88 bits per heavy atom. The van der Waals surface area contributed by atoms with Crippen molar-refractivity contribution in [3.8, 4) is 0 Å². The van der Waals surface area contributed by atoms with Gasteiger partial charge in [-0.2, -0.15) is 0 Å². The van der Waals surface area contributed by atoms with E-state index in [0.29, 0.717) is 19.6 Å². The number of nitrogens with zero attached hydrogens (tertiary/aromatic N) is 2. The maximum Gasteiger partial charge on any atom is 0.245 e. The van der Waals surface area contributed by atoms with E-state index in [-0.39, 0.29) is 5.91 Å². The zero-order valence-electron chi connectivity index (χ0n) is 18.6. The van der Waals surface area contributed by atoms with Crippen LogP contribution in [0.2, 0.25) is 0 Å². The smallest absolute Gasteiger partial charge is 0.245 e. The second kappa shape index (κ2) is 10.5. The number of hydrogen-bond acceptors (Lipinski definition) is 5. The van der Waals surface area contributed by atoms with Crippen LogP contribution in [-0.2, 0) is 24.4 Å². The summed E-state index contributed by atoms with van der Waals surface area (Å²) >= 11 is 1.65. The molecule has 0 bridgehead atoms. The molecule has 0 saturated carbocycles. The maximum absolute atomic E-state index is 13.9. The molecule has 34 heavy (non-hydrogen) atoms. The van der Waals surface area contributed by atoms with E-state index in [4.69, 9.17) is 4.42 Å². The summed E-state index contributed by atoms with van der Waals surface area (Å²) in [6.45, 7) is 1.50. The van der Waals surface area contributed by atoms with Crippen LogP contribution < -0.4 is 5.32 Å². The van der Waals surface area contributed by atoms with Gasteiger partial charge in [0.2, 0.25) is 5.91 Å².